The van der Waals surface area contributed by atoms with Crippen molar-refractivity contribution in [3.8, 4) is 0 Å². The summed E-state index contributed by atoms with van der Waals surface area (Å²) in [6.07, 6.45) is 2.15. The summed E-state index contributed by atoms with van der Waals surface area (Å²) in [5.41, 5.74) is 2.44. The molecule has 0 aliphatic carbocycles. The Morgan fingerprint density at radius 2 is 1.96 bits per heavy atom. The molecule has 0 bridgehead atoms. The molecule has 0 spiro atoms. The number of hydrogen-bond acceptors (Lipinski definition) is 5. The van der Waals surface area contributed by atoms with E-state index in [1.807, 2.05) is 24.0 Å². The van der Waals surface area contributed by atoms with Gasteiger partial charge in [0.05, 0.1) is 6.54 Å². The van der Waals surface area contributed by atoms with Crippen LogP contribution in [0.1, 0.15) is 34.5 Å². The fraction of sp³-hybridized carbons (Fsp3) is 0.389. The summed E-state index contributed by atoms with van der Waals surface area (Å²) >= 11 is 0. The molecule has 3 rings (SSSR count). The van der Waals surface area contributed by atoms with Gasteiger partial charge in [0.25, 0.3) is 5.91 Å². The van der Waals surface area contributed by atoms with E-state index in [1.54, 1.807) is 19.1 Å². The predicted octanol–water partition coefficient (Wildman–Crippen LogP) is 2.58. The van der Waals surface area contributed by atoms with Crippen LogP contribution in [0.5, 0.6) is 0 Å². The first kappa shape index (κ1) is 17.0. The van der Waals surface area contributed by atoms with E-state index in [9.17, 15) is 9.59 Å². The van der Waals surface area contributed by atoms with Crippen LogP contribution < -0.4 is 10.6 Å². The zero-order chi connectivity index (χ0) is 17.8. The van der Waals surface area contributed by atoms with Crippen molar-refractivity contribution in [1.29, 1.82) is 0 Å². The van der Waals surface area contributed by atoms with Gasteiger partial charge in [-0.2, -0.15) is 0 Å². The molecule has 2 heterocycles. The fourth-order valence-corrected chi connectivity index (χ4v) is 2.89. The quantitative estimate of drug-likeness (QED) is 0.872. The van der Waals surface area contributed by atoms with E-state index >= 15 is 0 Å². The van der Waals surface area contributed by atoms with Crippen molar-refractivity contribution in [1.82, 2.24) is 10.1 Å². The molecule has 2 aromatic rings. The average Bonchev–Trinajstić information content (AvgIpc) is 3.25. The first-order valence-electron chi connectivity index (χ1n) is 8.40. The summed E-state index contributed by atoms with van der Waals surface area (Å²) in [7, 11) is 0. The number of carbonyl (C=O) groups excluding carboxylic acids is 2. The van der Waals surface area contributed by atoms with Crippen molar-refractivity contribution in [2.75, 3.05) is 30.3 Å². The lowest BCUT2D eigenvalue weighted by atomic mass is 10.1. The number of hydrogen-bond donors (Lipinski definition) is 2. The number of aryl methyl sites for hydroxylation is 2. The van der Waals surface area contributed by atoms with E-state index < -0.39 is 0 Å². The van der Waals surface area contributed by atoms with Gasteiger partial charge in [-0.15, -0.1) is 0 Å². The smallest absolute Gasteiger partial charge is 0.253 e. The van der Waals surface area contributed by atoms with Crippen molar-refractivity contribution in [3.63, 3.8) is 0 Å². The molecule has 1 aromatic carbocycles. The molecule has 0 radical (unpaired) electrons. The number of rotatable bonds is 5. The maximum Gasteiger partial charge on any atom is 0.253 e. The number of benzene rings is 1. The molecule has 0 unspecified atom stereocenters. The van der Waals surface area contributed by atoms with Crippen LogP contribution in [0.15, 0.2) is 28.8 Å². The van der Waals surface area contributed by atoms with E-state index in [2.05, 4.69) is 15.8 Å². The van der Waals surface area contributed by atoms with E-state index in [-0.39, 0.29) is 18.4 Å². The maximum absolute atomic E-state index is 12.4. The van der Waals surface area contributed by atoms with Crippen molar-refractivity contribution in [2.24, 2.45) is 0 Å². The van der Waals surface area contributed by atoms with Gasteiger partial charge in [-0.05, 0) is 50.5 Å². The first-order chi connectivity index (χ1) is 12.0. The highest BCUT2D eigenvalue weighted by atomic mass is 16.5. The van der Waals surface area contributed by atoms with Crippen molar-refractivity contribution >= 4 is 23.3 Å². The third kappa shape index (κ3) is 4.17. The molecule has 7 heteroatoms. The lowest BCUT2D eigenvalue weighted by Gasteiger charge is -2.16. The first-order valence-corrected chi connectivity index (χ1v) is 8.40. The molecule has 1 saturated heterocycles. The molecule has 2 amide bonds. The van der Waals surface area contributed by atoms with E-state index in [4.69, 9.17) is 4.52 Å². The highest BCUT2D eigenvalue weighted by molar-refractivity contribution is 5.95. The molecule has 2 N–H and O–H groups in total. The molecular formula is C18H22N4O3. The van der Waals surface area contributed by atoms with Crippen molar-refractivity contribution in [3.05, 3.63) is 41.2 Å². The Kier molecular flexibility index (Phi) is 5.02. The van der Waals surface area contributed by atoms with Gasteiger partial charge in [-0.1, -0.05) is 5.16 Å². The number of nitrogens with zero attached hydrogens (tertiary/aromatic N) is 2. The van der Waals surface area contributed by atoms with Gasteiger partial charge >= 0.3 is 0 Å². The minimum atomic E-state index is -0.218. The standard InChI is InChI=1S/C18H22N4O3/c1-12-9-14(18(24)22-7-3-4-8-22)5-6-15(12)19-11-17(23)20-16-10-13(2)25-21-16/h5-6,9-10,19H,3-4,7-8,11H2,1-2H3,(H,20,21,23). The van der Waals surface area contributed by atoms with Gasteiger partial charge in [-0.25, -0.2) is 0 Å². The Balaban J connectivity index is 1.57. The van der Waals surface area contributed by atoms with Crippen molar-refractivity contribution in [2.45, 2.75) is 26.7 Å². The number of amides is 2. The summed E-state index contributed by atoms with van der Waals surface area (Å²) < 4.78 is 4.90. The molecule has 1 fully saturated rings. The van der Waals surface area contributed by atoms with Crippen LogP contribution in [0.2, 0.25) is 0 Å². The molecule has 25 heavy (non-hydrogen) atoms. The summed E-state index contributed by atoms with van der Waals surface area (Å²) in [4.78, 5) is 26.2. The Labute approximate surface area is 146 Å². The zero-order valence-electron chi connectivity index (χ0n) is 14.5. The number of nitrogens with one attached hydrogen (secondary N) is 2. The van der Waals surface area contributed by atoms with Crippen LogP contribution in [0.25, 0.3) is 0 Å². The maximum atomic E-state index is 12.4. The highest BCUT2D eigenvalue weighted by Gasteiger charge is 2.19. The Hall–Kier alpha value is -2.83. The van der Waals surface area contributed by atoms with Gasteiger partial charge in [0.2, 0.25) is 5.91 Å². The van der Waals surface area contributed by atoms with Gasteiger partial charge in [0.1, 0.15) is 5.76 Å². The topological polar surface area (TPSA) is 87.5 Å². The van der Waals surface area contributed by atoms with E-state index in [0.717, 1.165) is 37.2 Å². The van der Waals surface area contributed by atoms with Crippen LogP contribution in [0.3, 0.4) is 0 Å². The minimum Gasteiger partial charge on any atom is -0.376 e. The zero-order valence-corrected chi connectivity index (χ0v) is 14.5. The van der Waals surface area contributed by atoms with Crippen LogP contribution >= 0.6 is 0 Å². The molecule has 132 valence electrons. The van der Waals surface area contributed by atoms with Crippen molar-refractivity contribution < 1.29 is 14.1 Å². The van der Waals surface area contributed by atoms with Gasteiger partial charge in [0, 0.05) is 30.4 Å². The van der Waals surface area contributed by atoms with Gasteiger partial charge in [-0.3, -0.25) is 9.59 Å². The van der Waals surface area contributed by atoms with Crippen LogP contribution in [-0.4, -0.2) is 41.5 Å². The van der Waals surface area contributed by atoms with E-state index in [0.29, 0.717) is 17.1 Å². The lowest BCUT2D eigenvalue weighted by molar-refractivity contribution is -0.114. The second-order valence-corrected chi connectivity index (χ2v) is 6.25. The summed E-state index contributed by atoms with van der Waals surface area (Å²) in [5, 5.41) is 9.45. The third-order valence-electron chi connectivity index (χ3n) is 4.20. The number of aromatic nitrogens is 1. The monoisotopic (exact) mass is 342 g/mol. The number of anilines is 2. The van der Waals surface area contributed by atoms with Crippen LogP contribution in [0, 0.1) is 13.8 Å². The number of carbonyl (C=O) groups is 2. The highest BCUT2D eigenvalue weighted by Crippen LogP contribution is 2.19. The average molecular weight is 342 g/mol. The Morgan fingerprint density at radius 3 is 2.60 bits per heavy atom. The molecule has 7 nitrogen and oxygen atoms in total. The molecule has 0 saturated carbocycles. The summed E-state index contributed by atoms with van der Waals surface area (Å²) in [6.45, 7) is 5.45. The summed E-state index contributed by atoms with van der Waals surface area (Å²) in [5.74, 6) is 0.890. The SMILES string of the molecule is Cc1cc(NC(=O)CNc2ccc(C(=O)N3CCCC3)cc2C)no1. The predicted molar refractivity (Wildman–Crippen MR) is 94.7 cm³/mol. The molecule has 0 atom stereocenters. The van der Waals surface area contributed by atoms with Crippen LogP contribution in [-0.2, 0) is 4.79 Å². The normalized spacial score (nSPS) is 13.8. The fourth-order valence-electron chi connectivity index (χ4n) is 2.89. The third-order valence-corrected chi connectivity index (χ3v) is 4.20. The Morgan fingerprint density at radius 1 is 1.20 bits per heavy atom. The van der Waals surface area contributed by atoms with Gasteiger partial charge < -0.3 is 20.1 Å². The summed E-state index contributed by atoms with van der Waals surface area (Å²) in [6, 6.07) is 7.16. The largest absolute Gasteiger partial charge is 0.376 e. The molecular weight excluding hydrogens is 320 g/mol. The minimum absolute atomic E-state index is 0.0753. The second kappa shape index (κ2) is 7.38. The molecule has 1 aromatic heterocycles. The number of likely N-dealkylation sites (tertiary alicyclic amines) is 1. The van der Waals surface area contributed by atoms with Gasteiger partial charge in [0.15, 0.2) is 5.82 Å². The van der Waals surface area contributed by atoms with Crippen LogP contribution in [0.4, 0.5) is 11.5 Å². The van der Waals surface area contributed by atoms with E-state index in [1.165, 1.54) is 0 Å². The second-order valence-electron chi connectivity index (χ2n) is 6.25. The Bertz CT molecular complexity index is 778. The molecule has 1 aliphatic rings. The molecule has 1 aliphatic heterocycles. The lowest BCUT2D eigenvalue weighted by Crippen LogP contribution is -2.27.